The number of rotatable bonds is 4. The van der Waals surface area contributed by atoms with E-state index >= 15 is 0 Å². The van der Waals surface area contributed by atoms with Crippen molar-refractivity contribution in [3.63, 3.8) is 0 Å². The minimum absolute atomic E-state index is 0.162. The van der Waals surface area contributed by atoms with Gasteiger partial charge >= 0.3 is 0 Å². The lowest BCUT2D eigenvalue weighted by Gasteiger charge is -2.23. The van der Waals surface area contributed by atoms with Crippen molar-refractivity contribution in [1.82, 2.24) is 15.0 Å². The van der Waals surface area contributed by atoms with Crippen LogP contribution in [0, 0.1) is 0 Å². The van der Waals surface area contributed by atoms with Crippen LogP contribution >= 0.6 is 0 Å². The third kappa shape index (κ3) is 4.73. The molecule has 0 spiro atoms. The van der Waals surface area contributed by atoms with E-state index in [1.807, 2.05) is 60.7 Å². The van der Waals surface area contributed by atoms with Gasteiger partial charge in [-0.2, -0.15) is 0 Å². The minimum atomic E-state index is -0.162. The van der Waals surface area contributed by atoms with Crippen LogP contribution in [0.4, 0.5) is 0 Å². The molecule has 0 amide bonds. The first-order chi connectivity index (χ1) is 20.5. The molecule has 5 aromatic rings. The maximum Gasteiger partial charge on any atom is 0.164 e. The highest BCUT2D eigenvalue weighted by Crippen LogP contribution is 2.47. The Morgan fingerprint density at radius 3 is 1.74 bits per heavy atom. The molecule has 0 atom stereocenters. The second-order valence-corrected chi connectivity index (χ2v) is 11.5. The normalized spacial score (nSPS) is 17.2. The SMILES string of the molecule is C=C1C=C(c2nc(-c3ccccc3)nc(-c3ccccc3)n2)/C=C2\Cc3c(cc(-c4ccccc4)cc3C2(C)C)/C=C\1. The molecule has 202 valence electrons. The molecule has 1 heterocycles. The van der Waals surface area contributed by atoms with Crippen molar-refractivity contribution in [1.29, 1.82) is 0 Å². The lowest BCUT2D eigenvalue weighted by molar-refractivity contribution is 0.644. The van der Waals surface area contributed by atoms with E-state index in [-0.39, 0.29) is 5.41 Å². The van der Waals surface area contributed by atoms with Crippen LogP contribution in [0.5, 0.6) is 0 Å². The monoisotopic (exact) mass is 541 g/mol. The second kappa shape index (κ2) is 10.4. The zero-order valence-corrected chi connectivity index (χ0v) is 23.9. The Kier molecular flexibility index (Phi) is 6.36. The zero-order chi connectivity index (χ0) is 28.7. The summed E-state index contributed by atoms with van der Waals surface area (Å²) in [4.78, 5) is 14.9. The molecule has 3 nitrogen and oxygen atoms in total. The first-order valence-corrected chi connectivity index (χ1v) is 14.4. The quantitative estimate of drug-likeness (QED) is 0.228. The highest BCUT2D eigenvalue weighted by atomic mass is 15.0. The minimum Gasteiger partial charge on any atom is -0.208 e. The molecule has 2 bridgehead atoms. The van der Waals surface area contributed by atoms with E-state index < -0.39 is 0 Å². The van der Waals surface area contributed by atoms with E-state index in [2.05, 4.69) is 87.2 Å². The Bertz CT molecular complexity index is 1850. The van der Waals surface area contributed by atoms with Gasteiger partial charge in [0.2, 0.25) is 0 Å². The molecule has 3 heteroatoms. The lowest BCUT2D eigenvalue weighted by atomic mass is 9.80. The summed E-state index contributed by atoms with van der Waals surface area (Å²) in [5.74, 6) is 1.95. The number of allylic oxidation sites excluding steroid dienone is 6. The van der Waals surface area contributed by atoms with E-state index in [4.69, 9.17) is 15.0 Å². The molecule has 4 aromatic carbocycles. The Morgan fingerprint density at radius 2 is 1.14 bits per heavy atom. The van der Waals surface area contributed by atoms with E-state index in [0.29, 0.717) is 17.5 Å². The predicted molar refractivity (Wildman–Crippen MR) is 174 cm³/mol. The molecule has 0 aliphatic heterocycles. The molecule has 0 saturated carbocycles. The number of benzene rings is 4. The van der Waals surface area contributed by atoms with Crippen molar-refractivity contribution in [3.05, 3.63) is 162 Å². The third-order valence-electron chi connectivity index (χ3n) is 8.34. The van der Waals surface area contributed by atoms with Crippen LogP contribution in [-0.2, 0) is 11.8 Å². The summed E-state index contributed by atoms with van der Waals surface area (Å²) in [5.41, 5.74) is 11.4. The Labute approximate surface area is 247 Å². The fourth-order valence-corrected chi connectivity index (χ4v) is 5.95. The van der Waals surface area contributed by atoms with E-state index in [1.54, 1.807) is 0 Å². The van der Waals surface area contributed by atoms with Crippen LogP contribution in [-0.4, -0.2) is 15.0 Å². The summed E-state index contributed by atoms with van der Waals surface area (Å²) in [7, 11) is 0. The van der Waals surface area contributed by atoms with Crippen LogP contribution in [0.3, 0.4) is 0 Å². The van der Waals surface area contributed by atoms with Crippen LogP contribution in [0.15, 0.2) is 139 Å². The third-order valence-corrected chi connectivity index (χ3v) is 8.34. The molecule has 0 unspecified atom stereocenters. The summed E-state index contributed by atoms with van der Waals surface area (Å²) in [6, 6.07) is 35.5. The summed E-state index contributed by atoms with van der Waals surface area (Å²) < 4.78 is 0. The largest absolute Gasteiger partial charge is 0.208 e. The average molecular weight is 542 g/mol. The summed E-state index contributed by atoms with van der Waals surface area (Å²) >= 11 is 0. The maximum atomic E-state index is 5.02. The van der Waals surface area contributed by atoms with Crippen molar-refractivity contribution in [2.45, 2.75) is 25.7 Å². The molecular formula is C39H31N3. The first kappa shape index (κ1) is 25.8. The molecule has 0 N–H and O–H groups in total. The van der Waals surface area contributed by atoms with Gasteiger partial charge in [0.25, 0.3) is 0 Å². The molecule has 0 radical (unpaired) electrons. The molecule has 2 aliphatic rings. The Hall–Kier alpha value is -5.15. The van der Waals surface area contributed by atoms with Gasteiger partial charge in [-0.15, -0.1) is 0 Å². The number of aromatic nitrogens is 3. The summed E-state index contributed by atoms with van der Waals surface area (Å²) in [5, 5.41) is 0. The van der Waals surface area contributed by atoms with Crippen molar-refractivity contribution >= 4 is 11.6 Å². The first-order valence-electron chi connectivity index (χ1n) is 14.4. The predicted octanol–water partition coefficient (Wildman–Crippen LogP) is 9.30. The van der Waals surface area contributed by atoms with Crippen molar-refractivity contribution in [2.75, 3.05) is 0 Å². The molecule has 0 saturated heterocycles. The van der Waals surface area contributed by atoms with Crippen molar-refractivity contribution in [2.24, 2.45) is 0 Å². The van der Waals surface area contributed by atoms with Gasteiger partial charge < -0.3 is 0 Å². The van der Waals surface area contributed by atoms with Gasteiger partial charge in [-0.25, -0.2) is 15.0 Å². The van der Waals surface area contributed by atoms with E-state index in [1.165, 1.54) is 33.4 Å². The van der Waals surface area contributed by atoms with Crippen molar-refractivity contribution in [3.8, 4) is 33.9 Å². The number of hydrogen-bond donors (Lipinski definition) is 0. The topological polar surface area (TPSA) is 38.7 Å². The van der Waals surface area contributed by atoms with Gasteiger partial charge in [0, 0.05) is 22.1 Å². The Balaban J connectivity index is 1.41. The fraction of sp³-hybridized carbons (Fsp3) is 0.103. The maximum absolute atomic E-state index is 5.02. The standard InChI is InChI=1S/C39H31N3/c1-26-19-20-30-22-31(27-13-7-4-8-14-27)24-35-34(30)25-33(39(35,2)3)23-32(21-26)38-41-36(28-15-9-5-10-16-28)40-37(42-38)29-17-11-6-12-18-29/h4-24H,1,25H2,2-3H3/b20-19-,32-21?,33-23+. The van der Waals surface area contributed by atoms with Crippen LogP contribution in [0.2, 0.25) is 0 Å². The Morgan fingerprint density at radius 1 is 0.595 bits per heavy atom. The molecular weight excluding hydrogens is 510 g/mol. The molecule has 42 heavy (non-hydrogen) atoms. The van der Waals surface area contributed by atoms with Crippen molar-refractivity contribution < 1.29 is 0 Å². The highest BCUT2D eigenvalue weighted by Gasteiger charge is 2.36. The number of nitrogens with zero attached hydrogens (tertiary/aromatic N) is 3. The van der Waals surface area contributed by atoms with Crippen LogP contribution < -0.4 is 0 Å². The zero-order valence-electron chi connectivity index (χ0n) is 23.9. The van der Waals surface area contributed by atoms with Gasteiger partial charge in [0.1, 0.15) is 0 Å². The van der Waals surface area contributed by atoms with Crippen LogP contribution in [0.25, 0.3) is 45.6 Å². The molecule has 0 fully saturated rings. The number of fused-ring (bicyclic) bond motifs is 1. The van der Waals surface area contributed by atoms with E-state index in [0.717, 1.165) is 28.7 Å². The molecule has 1 aromatic heterocycles. The summed E-state index contributed by atoms with van der Waals surface area (Å²) in [6.45, 7) is 9.05. The molecule has 2 aliphatic carbocycles. The fourth-order valence-electron chi connectivity index (χ4n) is 5.95. The van der Waals surface area contributed by atoms with Crippen LogP contribution in [0.1, 0.15) is 36.4 Å². The highest BCUT2D eigenvalue weighted by molar-refractivity contribution is 5.81. The van der Waals surface area contributed by atoms with E-state index in [9.17, 15) is 0 Å². The van der Waals surface area contributed by atoms with Gasteiger partial charge in [-0.3, -0.25) is 0 Å². The van der Waals surface area contributed by atoms with Gasteiger partial charge in [0.05, 0.1) is 0 Å². The lowest BCUT2D eigenvalue weighted by Crippen LogP contribution is -2.16. The van der Waals surface area contributed by atoms with Gasteiger partial charge in [0.15, 0.2) is 17.5 Å². The van der Waals surface area contributed by atoms with Gasteiger partial charge in [-0.05, 0) is 58.0 Å². The van der Waals surface area contributed by atoms with Gasteiger partial charge in [-0.1, -0.05) is 135 Å². The smallest absolute Gasteiger partial charge is 0.164 e. The number of hydrogen-bond acceptors (Lipinski definition) is 3. The second-order valence-electron chi connectivity index (χ2n) is 11.5. The summed E-state index contributed by atoms with van der Waals surface area (Å²) in [6.07, 6.45) is 9.58. The average Bonchev–Trinajstić information content (AvgIpc) is 3.29. The molecule has 7 rings (SSSR count).